The Labute approximate surface area is 164 Å². The number of hydrogen-bond acceptors (Lipinski definition) is 4. The van der Waals surface area contributed by atoms with Gasteiger partial charge in [-0.2, -0.15) is 0 Å². The van der Waals surface area contributed by atoms with E-state index >= 15 is 0 Å². The molecule has 0 unspecified atom stereocenters. The average molecular weight is 440 g/mol. The van der Waals surface area contributed by atoms with Crippen LogP contribution in [-0.4, -0.2) is 40.0 Å². The van der Waals surface area contributed by atoms with Gasteiger partial charge in [-0.15, -0.1) is 0 Å². The molecule has 2 aromatic rings. The van der Waals surface area contributed by atoms with Crippen molar-refractivity contribution in [2.45, 2.75) is 24.3 Å². The highest BCUT2D eigenvalue weighted by Crippen LogP contribution is 2.20. The van der Waals surface area contributed by atoms with Crippen LogP contribution in [0.3, 0.4) is 0 Å². The number of rotatable bonds is 10. The van der Waals surface area contributed by atoms with Crippen molar-refractivity contribution in [2.24, 2.45) is 5.73 Å². The van der Waals surface area contributed by atoms with Crippen molar-refractivity contribution in [1.82, 2.24) is 9.62 Å². The van der Waals surface area contributed by atoms with E-state index in [0.29, 0.717) is 24.1 Å². The quantitative estimate of drug-likeness (QED) is 0.596. The molecule has 5 nitrogen and oxygen atoms in total. The second-order valence-corrected chi connectivity index (χ2v) is 8.85. The predicted octanol–water partition coefficient (Wildman–Crippen LogP) is 2.75. The van der Waals surface area contributed by atoms with Crippen molar-refractivity contribution in [3.8, 4) is 0 Å². The van der Waals surface area contributed by atoms with E-state index in [1.807, 2.05) is 7.05 Å². The zero-order valence-corrected chi connectivity index (χ0v) is 17.4. The summed E-state index contributed by atoms with van der Waals surface area (Å²) in [6.45, 7) is 2.52. The Balaban J connectivity index is 1.71. The summed E-state index contributed by atoms with van der Waals surface area (Å²) in [6, 6.07) is 15.2. The van der Waals surface area contributed by atoms with Gasteiger partial charge >= 0.3 is 0 Å². The number of hydrogen-bond donors (Lipinski definition) is 2. The summed E-state index contributed by atoms with van der Waals surface area (Å²) < 4.78 is 27.9. The van der Waals surface area contributed by atoms with E-state index < -0.39 is 10.0 Å². The van der Waals surface area contributed by atoms with Crippen LogP contribution < -0.4 is 10.5 Å². The molecule has 0 saturated heterocycles. The summed E-state index contributed by atoms with van der Waals surface area (Å²) in [5.41, 5.74) is 8.04. The summed E-state index contributed by atoms with van der Waals surface area (Å²) in [5, 5.41) is 0. The molecular formula is C19H26BrN3O2S. The zero-order valence-electron chi connectivity index (χ0n) is 15.0. The molecule has 0 saturated carbocycles. The number of nitrogens with one attached hydrogen (secondary N) is 1. The molecule has 7 heteroatoms. The predicted molar refractivity (Wildman–Crippen MR) is 109 cm³/mol. The van der Waals surface area contributed by atoms with Gasteiger partial charge in [-0.25, -0.2) is 13.1 Å². The van der Waals surface area contributed by atoms with Crippen LogP contribution in [0.25, 0.3) is 0 Å². The van der Waals surface area contributed by atoms with Crippen LogP contribution in [0.2, 0.25) is 0 Å². The lowest BCUT2D eigenvalue weighted by atomic mass is 10.1. The fourth-order valence-corrected chi connectivity index (χ4v) is 4.64. The number of benzene rings is 2. The maximum absolute atomic E-state index is 12.3. The van der Waals surface area contributed by atoms with Crippen molar-refractivity contribution in [3.63, 3.8) is 0 Å². The molecule has 0 spiro atoms. The fourth-order valence-electron chi connectivity index (χ4n) is 2.62. The Morgan fingerprint density at radius 2 is 1.69 bits per heavy atom. The second kappa shape index (κ2) is 10.2. The van der Waals surface area contributed by atoms with Gasteiger partial charge in [0.15, 0.2) is 0 Å². The summed E-state index contributed by atoms with van der Waals surface area (Å²) in [7, 11) is -1.49. The first-order valence-corrected chi connectivity index (χ1v) is 10.9. The molecule has 142 valence electrons. The lowest BCUT2D eigenvalue weighted by Crippen LogP contribution is -2.33. The molecule has 0 aliphatic rings. The zero-order chi connectivity index (χ0) is 19.0. The van der Waals surface area contributed by atoms with Gasteiger partial charge in [-0.3, -0.25) is 0 Å². The highest BCUT2D eigenvalue weighted by atomic mass is 79.9. The molecule has 0 atom stereocenters. The van der Waals surface area contributed by atoms with Crippen LogP contribution in [0.15, 0.2) is 57.9 Å². The minimum atomic E-state index is -3.49. The van der Waals surface area contributed by atoms with E-state index in [9.17, 15) is 8.42 Å². The van der Waals surface area contributed by atoms with Crippen LogP contribution in [0.1, 0.15) is 17.5 Å². The normalized spacial score (nSPS) is 11.8. The van der Waals surface area contributed by atoms with Gasteiger partial charge in [-0.05, 0) is 65.6 Å². The Morgan fingerprint density at radius 1 is 1.04 bits per heavy atom. The van der Waals surface area contributed by atoms with Crippen molar-refractivity contribution in [1.29, 1.82) is 0 Å². The molecule has 0 bridgehead atoms. The smallest absolute Gasteiger partial charge is 0.241 e. The maximum Gasteiger partial charge on any atom is 0.241 e. The molecule has 2 aromatic carbocycles. The first kappa shape index (κ1) is 21.1. The van der Waals surface area contributed by atoms with E-state index in [1.54, 1.807) is 24.3 Å². The van der Waals surface area contributed by atoms with Crippen LogP contribution in [-0.2, 0) is 23.0 Å². The average Bonchev–Trinajstić information content (AvgIpc) is 2.62. The highest BCUT2D eigenvalue weighted by molar-refractivity contribution is 9.10. The van der Waals surface area contributed by atoms with E-state index in [2.05, 4.69) is 49.8 Å². The van der Waals surface area contributed by atoms with Crippen LogP contribution in [0.5, 0.6) is 0 Å². The number of nitrogens with two attached hydrogens (primary N) is 1. The van der Waals surface area contributed by atoms with Gasteiger partial charge in [0.1, 0.15) is 0 Å². The third-order valence-electron chi connectivity index (χ3n) is 4.18. The number of likely N-dealkylation sites (N-methyl/N-ethyl adjacent to an activating group) is 1. The van der Waals surface area contributed by atoms with Crippen LogP contribution in [0, 0.1) is 0 Å². The monoisotopic (exact) mass is 439 g/mol. The first-order chi connectivity index (χ1) is 12.4. The van der Waals surface area contributed by atoms with Gasteiger partial charge < -0.3 is 10.6 Å². The molecule has 0 aliphatic heterocycles. The Kier molecular flexibility index (Phi) is 8.24. The summed E-state index contributed by atoms with van der Waals surface area (Å²) in [6.07, 6.45) is 2.02. The summed E-state index contributed by atoms with van der Waals surface area (Å²) in [4.78, 5) is 2.40. The number of aryl methyl sites for hydroxylation is 1. The van der Waals surface area contributed by atoms with Crippen molar-refractivity contribution in [2.75, 3.05) is 26.7 Å². The summed E-state index contributed by atoms with van der Waals surface area (Å²) >= 11 is 3.28. The molecule has 0 aromatic heterocycles. The minimum Gasteiger partial charge on any atom is -0.326 e. The number of halogens is 1. The lowest BCUT2D eigenvalue weighted by molar-refractivity contribution is 0.334. The van der Waals surface area contributed by atoms with Crippen molar-refractivity contribution < 1.29 is 8.42 Å². The molecule has 0 amide bonds. The molecule has 3 N–H and O–H groups in total. The van der Waals surface area contributed by atoms with Gasteiger partial charge in [0, 0.05) is 24.1 Å². The van der Waals surface area contributed by atoms with Gasteiger partial charge in [0.05, 0.1) is 4.90 Å². The van der Waals surface area contributed by atoms with E-state index in [0.717, 1.165) is 24.9 Å². The molecular weight excluding hydrogens is 414 g/mol. The van der Waals surface area contributed by atoms with E-state index in [4.69, 9.17) is 5.73 Å². The molecule has 0 heterocycles. The Hall–Kier alpha value is -1.25. The minimum absolute atomic E-state index is 0.267. The van der Waals surface area contributed by atoms with Gasteiger partial charge in [0.25, 0.3) is 0 Å². The molecule has 2 rings (SSSR count). The number of nitrogens with zero attached hydrogens (tertiary/aromatic N) is 1. The maximum atomic E-state index is 12.3. The largest absolute Gasteiger partial charge is 0.326 e. The van der Waals surface area contributed by atoms with E-state index in [1.165, 1.54) is 5.56 Å². The third kappa shape index (κ3) is 6.48. The standard InChI is InChI=1S/C19H26BrN3O2S/c1-23(13-4-5-16-8-10-17(15-21)11-9-16)14-12-22-26(24,25)19-7-3-2-6-18(19)20/h2-3,6-11,22H,4-5,12-15,21H2,1H3. The Bertz CT molecular complexity index is 795. The number of sulfonamides is 1. The van der Waals surface area contributed by atoms with E-state index in [-0.39, 0.29) is 4.90 Å². The van der Waals surface area contributed by atoms with Crippen molar-refractivity contribution in [3.05, 3.63) is 64.1 Å². The summed E-state index contributed by atoms with van der Waals surface area (Å²) in [5.74, 6) is 0. The third-order valence-corrected chi connectivity index (χ3v) is 6.65. The fraction of sp³-hybridized carbons (Fsp3) is 0.368. The first-order valence-electron chi connectivity index (χ1n) is 8.63. The van der Waals surface area contributed by atoms with Crippen LogP contribution >= 0.6 is 15.9 Å². The van der Waals surface area contributed by atoms with Gasteiger partial charge in [-0.1, -0.05) is 36.4 Å². The second-order valence-electron chi connectivity index (χ2n) is 6.26. The highest BCUT2D eigenvalue weighted by Gasteiger charge is 2.16. The molecule has 26 heavy (non-hydrogen) atoms. The van der Waals surface area contributed by atoms with Crippen LogP contribution in [0.4, 0.5) is 0 Å². The molecule has 0 radical (unpaired) electrons. The van der Waals surface area contributed by atoms with Crippen molar-refractivity contribution >= 4 is 26.0 Å². The van der Waals surface area contributed by atoms with Gasteiger partial charge in [0.2, 0.25) is 10.0 Å². The molecule has 0 aliphatic carbocycles. The lowest BCUT2D eigenvalue weighted by Gasteiger charge is -2.17. The topological polar surface area (TPSA) is 75.4 Å². The molecule has 0 fully saturated rings. The SMILES string of the molecule is CN(CCCc1ccc(CN)cc1)CCNS(=O)(=O)c1ccccc1Br. The Morgan fingerprint density at radius 3 is 2.35 bits per heavy atom.